The number of anilines is 1. The van der Waals surface area contributed by atoms with Crippen molar-refractivity contribution in [3.63, 3.8) is 0 Å². The van der Waals surface area contributed by atoms with Gasteiger partial charge in [-0.3, -0.25) is 0 Å². The molecule has 0 aliphatic heterocycles. The van der Waals surface area contributed by atoms with Gasteiger partial charge in [-0.15, -0.1) is 13.2 Å². The number of hydrogen-bond acceptors (Lipinski definition) is 3. The Morgan fingerprint density at radius 2 is 2.15 bits per heavy atom. The molecule has 0 aliphatic rings. The van der Waals surface area contributed by atoms with Crippen molar-refractivity contribution in [2.24, 2.45) is 0 Å². The third-order valence-electron chi connectivity index (χ3n) is 2.17. The van der Waals surface area contributed by atoms with E-state index >= 15 is 0 Å². The normalized spacial score (nSPS) is 12.7. The van der Waals surface area contributed by atoms with Gasteiger partial charge in [0.05, 0.1) is 6.10 Å². The lowest BCUT2D eigenvalue weighted by molar-refractivity contribution is -0.274. The third-order valence-corrected chi connectivity index (χ3v) is 2.17. The van der Waals surface area contributed by atoms with Crippen LogP contribution in [0, 0.1) is 0 Å². The van der Waals surface area contributed by atoms with Crippen molar-refractivity contribution in [3.8, 4) is 5.75 Å². The van der Waals surface area contributed by atoms with Crippen LogP contribution in [0.3, 0.4) is 0 Å². The molecule has 0 bridgehead atoms. The largest absolute Gasteiger partial charge is 0.573 e. The molecule has 0 aliphatic carbocycles. The smallest absolute Gasteiger partial charge is 0.406 e. The number of nitrogens with one attached hydrogen (secondary N) is 2. The van der Waals surface area contributed by atoms with Gasteiger partial charge in [0.25, 0.3) is 0 Å². The number of benzene rings is 1. The summed E-state index contributed by atoms with van der Waals surface area (Å²) >= 11 is 0. The van der Waals surface area contributed by atoms with E-state index in [-0.39, 0.29) is 12.2 Å². The van der Waals surface area contributed by atoms with E-state index in [4.69, 9.17) is 5.11 Å². The summed E-state index contributed by atoms with van der Waals surface area (Å²) in [6.45, 7) is 1.83. The highest BCUT2D eigenvalue weighted by molar-refractivity contribution is 5.89. The SMILES string of the molecule is CC(O)CCNC(=O)Nc1cccc(OC(F)(F)F)c1. The lowest BCUT2D eigenvalue weighted by Gasteiger charge is -2.11. The van der Waals surface area contributed by atoms with Crippen molar-refractivity contribution in [3.05, 3.63) is 24.3 Å². The quantitative estimate of drug-likeness (QED) is 0.781. The third kappa shape index (κ3) is 6.83. The predicted molar refractivity (Wildman–Crippen MR) is 66.4 cm³/mol. The molecular formula is C12H15F3N2O3. The second-order valence-electron chi connectivity index (χ2n) is 4.09. The van der Waals surface area contributed by atoms with Crippen LogP contribution in [0.4, 0.5) is 23.7 Å². The van der Waals surface area contributed by atoms with Crippen molar-refractivity contribution < 1.29 is 27.8 Å². The maximum atomic E-state index is 12.0. The molecule has 1 rings (SSSR count). The van der Waals surface area contributed by atoms with E-state index in [1.54, 1.807) is 6.92 Å². The predicted octanol–water partition coefficient (Wildman–Crippen LogP) is 2.48. The zero-order chi connectivity index (χ0) is 15.2. The van der Waals surface area contributed by atoms with Crippen LogP contribution in [-0.4, -0.2) is 30.1 Å². The molecule has 2 amide bonds. The van der Waals surface area contributed by atoms with E-state index < -0.39 is 24.2 Å². The van der Waals surface area contributed by atoms with Crippen LogP contribution in [-0.2, 0) is 0 Å². The van der Waals surface area contributed by atoms with Crippen LogP contribution in [0.5, 0.6) is 5.75 Å². The first-order chi connectivity index (χ1) is 9.26. The molecule has 20 heavy (non-hydrogen) atoms. The molecule has 112 valence electrons. The molecule has 0 heterocycles. The number of aliphatic hydroxyl groups is 1. The first-order valence-electron chi connectivity index (χ1n) is 5.85. The van der Waals surface area contributed by atoms with Crippen LogP contribution < -0.4 is 15.4 Å². The van der Waals surface area contributed by atoms with Crippen molar-refractivity contribution in [1.82, 2.24) is 5.32 Å². The van der Waals surface area contributed by atoms with Crippen molar-refractivity contribution in [1.29, 1.82) is 0 Å². The molecule has 8 heteroatoms. The molecule has 1 aromatic rings. The zero-order valence-corrected chi connectivity index (χ0v) is 10.7. The van der Waals surface area contributed by atoms with E-state index in [9.17, 15) is 18.0 Å². The first-order valence-corrected chi connectivity index (χ1v) is 5.85. The van der Waals surface area contributed by atoms with Gasteiger partial charge in [0.1, 0.15) is 5.75 Å². The highest BCUT2D eigenvalue weighted by atomic mass is 19.4. The van der Waals surface area contributed by atoms with E-state index in [1.165, 1.54) is 12.1 Å². The van der Waals surface area contributed by atoms with Gasteiger partial charge in [-0.05, 0) is 25.5 Å². The molecule has 3 N–H and O–H groups in total. The average Bonchev–Trinajstić information content (AvgIpc) is 2.26. The first kappa shape index (κ1) is 16.1. The molecule has 1 aromatic carbocycles. The summed E-state index contributed by atoms with van der Waals surface area (Å²) < 4.78 is 39.8. The fourth-order valence-electron chi connectivity index (χ4n) is 1.34. The van der Waals surface area contributed by atoms with Crippen LogP contribution >= 0.6 is 0 Å². The number of urea groups is 1. The fraction of sp³-hybridized carbons (Fsp3) is 0.417. The minimum absolute atomic E-state index is 0.168. The molecule has 0 saturated heterocycles. The summed E-state index contributed by atoms with van der Waals surface area (Å²) in [5.74, 6) is -0.417. The Morgan fingerprint density at radius 1 is 1.45 bits per heavy atom. The number of carbonyl (C=O) groups excluding carboxylic acids is 1. The number of ether oxygens (including phenoxy) is 1. The van der Waals surface area contributed by atoms with Crippen LogP contribution in [0.25, 0.3) is 0 Å². The zero-order valence-electron chi connectivity index (χ0n) is 10.7. The molecule has 1 unspecified atom stereocenters. The maximum absolute atomic E-state index is 12.0. The average molecular weight is 292 g/mol. The van der Waals surface area contributed by atoms with E-state index in [0.717, 1.165) is 12.1 Å². The number of halogens is 3. The maximum Gasteiger partial charge on any atom is 0.573 e. The minimum atomic E-state index is -4.78. The minimum Gasteiger partial charge on any atom is -0.406 e. The molecule has 5 nitrogen and oxygen atoms in total. The Labute approximate surface area is 113 Å². The van der Waals surface area contributed by atoms with Gasteiger partial charge in [-0.25, -0.2) is 4.79 Å². The number of alkyl halides is 3. The number of aliphatic hydroxyl groups excluding tert-OH is 1. The molecule has 0 aromatic heterocycles. The Morgan fingerprint density at radius 3 is 2.75 bits per heavy atom. The second-order valence-corrected chi connectivity index (χ2v) is 4.09. The van der Waals surface area contributed by atoms with Gasteiger partial charge in [0, 0.05) is 18.3 Å². The fourth-order valence-corrected chi connectivity index (χ4v) is 1.34. The summed E-state index contributed by atoms with van der Waals surface area (Å²) in [4.78, 5) is 11.4. The molecule has 0 saturated carbocycles. The van der Waals surface area contributed by atoms with E-state index in [0.29, 0.717) is 6.42 Å². The van der Waals surface area contributed by atoms with Crippen molar-refractivity contribution >= 4 is 11.7 Å². The van der Waals surface area contributed by atoms with Gasteiger partial charge < -0.3 is 20.5 Å². The monoisotopic (exact) mass is 292 g/mol. The molecule has 0 fully saturated rings. The number of carbonyl (C=O) groups is 1. The number of rotatable bonds is 5. The van der Waals surface area contributed by atoms with Crippen LogP contribution in [0.2, 0.25) is 0 Å². The van der Waals surface area contributed by atoms with Crippen molar-refractivity contribution in [2.75, 3.05) is 11.9 Å². The van der Waals surface area contributed by atoms with E-state index in [1.807, 2.05) is 0 Å². The Bertz CT molecular complexity index is 450. The Hall–Kier alpha value is -1.96. The van der Waals surface area contributed by atoms with Gasteiger partial charge in [-0.2, -0.15) is 0 Å². The lowest BCUT2D eigenvalue weighted by atomic mass is 10.3. The topological polar surface area (TPSA) is 70.6 Å². The summed E-state index contributed by atoms with van der Waals surface area (Å²) in [6, 6.07) is 4.37. The van der Waals surface area contributed by atoms with E-state index in [2.05, 4.69) is 15.4 Å². The summed E-state index contributed by atoms with van der Waals surface area (Å²) in [5.41, 5.74) is 0.168. The van der Waals surface area contributed by atoms with Crippen LogP contribution in [0.15, 0.2) is 24.3 Å². The second kappa shape index (κ2) is 6.99. The molecule has 0 spiro atoms. The number of amides is 2. The molecular weight excluding hydrogens is 277 g/mol. The molecule has 1 atom stereocenters. The standard InChI is InChI=1S/C12H15F3N2O3/c1-8(18)5-6-16-11(19)17-9-3-2-4-10(7-9)20-12(13,14)15/h2-4,7-8,18H,5-6H2,1H3,(H2,16,17,19). The van der Waals surface area contributed by atoms with Crippen LogP contribution in [0.1, 0.15) is 13.3 Å². The Kier molecular flexibility index (Phi) is 5.63. The molecule has 0 radical (unpaired) electrons. The Balaban J connectivity index is 2.51. The van der Waals surface area contributed by atoms with Crippen molar-refractivity contribution in [2.45, 2.75) is 25.8 Å². The lowest BCUT2D eigenvalue weighted by Crippen LogP contribution is -2.30. The highest BCUT2D eigenvalue weighted by Crippen LogP contribution is 2.24. The summed E-state index contributed by atoms with van der Waals surface area (Å²) in [7, 11) is 0. The van der Waals surface area contributed by atoms with Gasteiger partial charge in [0.2, 0.25) is 0 Å². The summed E-state index contributed by atoms with van der Waals surface area (Å²) in [5, 5.41) is 13.8. The van der Waals surface area contributed by atoms with Gasteiger partial charge in [-0.1, -0.05) is 6.07 Å². The number of hydrogen-bond donors (Lipinski definition) is 3. The van der Waals surface area contributed by atoms with Gasteiger partial charge in [0.15, 0.2) is 0 Å². The van der Waals surface area contributed by atoms with Gasteiger partial charge >= 0.3 is 12.4 Å². The highest BCUT2D eigenvalue weighted by Gasteiger charge is 2.31. The summed E-state index contributed by atoms with van der Waals surface area (Å²) in [6.07, 6.45) is -4.94.